The molecule has 5 heterocycles. The fraction of sp³-hybridized carbons (Fsp3) is 0.455. The van der Waals surface area contributed by atoms with Crippen molar-refractivity contribution in [2.24, 2.45) is 14.1 Å². The molecule has 0 bridgehead atoms. The molecule has 1 fully saturated rings. The lowest BCUT2D eigenvalue weighted by Crippen LogP contribution is -2.32. The van der Waals surface area contributed by atoms with E-state index in [0.717, 1.165) is 35.7 Å². The topological polar surface area (TPSA) is 109 Å². The number of rotatable bonds is 5. The molecule has 11 heteroatoms. The van der Waals surface area contributed by atoms with Gasteiger partial charge in [0.25, 0.3) is 5.91 Å². The maximum atomic E-state index is 12.9. The fourth-order valence-corrected chi connectivity index (χ4v) is 4.43. The van der Waals surface area contributed by atoms with Crippen molar-refractivity contribution in [2.75, 3.05) is 13.1 Å². The number of aromatic nitrogens is 8. The number of likely N-dealkylation sites (tertiary alicyclic amines) is 1. The molecule has 1 saturated heterocycles. The summed E-state index contributed by atoms with van der Waals surface area (Å²) in [4.78, 5) is 28.3. The first-order valence-electron chi connectivity index (χ1n) is 11.0. The van der Waals surface area contributed by atoms with Crippen LogP contribution in [0, 0.1) is 13.8 Å². The monoisotopic (exact) mass is 449 g/mol. The summed E-state index contributed by atoms with van der Waals surface area (Å²) in [5, 5.41) is 8.71. The molecular formula is C22H27N9O2. The minimum Gasteiger partial charge on any atom is -0.471 e. The second kappa shape index (κ2) is 7.98. The van der Waals surface area contributed by atoms with Crippen LogP contribution in [0.3, 0.4) is 0 Å². The van der Waals surface area contributed by atoms with Crippen LogP contribution < -0.4 is 4.74 Å². The van der Waals surface area contributed by atoms with Gasteiger partial charge in [-0.2, -0.15) is 15.2 Å². The van der Waals surface area contributed by atoms with Crippen molar-refractivity contribution < 1.29 is 9.53 Å². The lowest BCUT2D eigenvalue weighted by Gasteiger charge is -2.17. The summed E-state index contributed by atoms with van der Waals surface area (Å²) in [5.74, 6) is 1.15. The molecule has 5 rings (SSSR count). The van der Waals surface area contributed by atoms with E-state index >= 15 is 0 Å². The van der Waals surface area contributed by atoms with E-state index in [2.05, 4.69) is 27.1 Å². The predicted molar refractivity (Wildman–Crippen MR) is 121 cm³/mol. The van der Waals surface area contributed by atoms with Crippen LogP contribution >= 0.6 is 0 Å². The largest absolute Gasteiger partial charge is 0.471 e. The van der Waals surface area contributed by atoms with E-state index in [1.54, 1.807) is 16.6 Å². The summed E-state index contributed by atoms with van der Waals surface area (Å²) >= 11 is 0. The van der Waals surface area contributed by atoms with Crippen LogP contribution in [0.2, 0.25) is 0 Å². The van der Waals surface area contributed by atoms with Gasteiger partial charge in [0, 0.05) is 39.3 Å². The minimum absolute atomic E-state index is 0.0411. The Morgan fingerprint density at radius 3 is 2.76 bits per heavy atom. The van der Waals surface area contributed by atoms with Gasteiger partial charge in [-0.3, -0.25) is 14.2 Å². The summed E-state index contributed by atoms with van der Waals surface area (Å²) < 4.78 is 11.7. The highest BCUT2D eigenvalue weighted by Gasteiger charge is 2.31. The first-order valence-corrected chi connectivity index (χ1v) is 11.0. The van der Waals surface area contributed by atoms with E-state index in [4.69, 9.17) is 9.72 Å². The van der Waals surface area contributed by atoms with E-state index in [-0.39, 0.29) is 12.0 Å². The molecule has 1 unspecified atom stereocenters. The standard InChI is InChI=1S/C22H27N9O2/c1-6-31-14(3)16(10-25-31)19-26-18-20(28(19)4)23-12-24-21(18)33-15-7-8-30(11-15)22(32)17-9-13(2)27-29(17)5/h9-10,12,15H,6-8,11H2,1-5H3. The third-order valence-electron chi connectivity index (χ3n) is 6.20. The van der Waals surface area contributed by atoms with Gasteiger partial charge in [0.2, 0.25) is 5.88 Å². The van der Waals surface area contributed by atoms with Crippen molar-refractivity contribution in [3.05, 3.63) is 35.7 Å². The van der Waals surface area contributed by atoms with Crippen molar-refractivity contribution in [1.29, 1.82) is 0 Å². The van der Waals surface area contributed by atoms with Crippen LogP contribution in [-0.4, -0.2) is 69.1 Å². The average molecular weight is 450 g/mol. The third-order valence-corrected chi connectivity index (χ3v) is 6.20. The summed E-state index contributed by atoms with van der Waals surface area (Å²) in [5.41, 5.74) is 4.69. The molecule has 1 amide bonds. The Hall–Kier alpha value is -3.76. The average Bonchev–Trinajstić information content (AvgIpc) is 3.55. The molecule has 0 saturated carbocycles. The molecule has 11 nitrogen and oxygen atoms in total. The molecule has 0 aromatic carbocycles. The van der Waals surface area contributed by atoms with Gasteiger partial charge in [-0.25, -0.2) is 9.97 Å². The van der Waals surface area contributed by atoms with Crippen molar-refractivity contribution in [3.8, 4) is 17.3 Å². The van der Waals surface area contributed by atoms with E-state index in [1.165, 1.54) is 6.33 Å². The SMILES string of the molecule is CCn1ncc(-c2nc3c(OC4CCN(C(=O)c5cc(C)nn5C)C4)ncnc3n2C)c1C. The van der Waals surface area contributed by atoms with Crippen molar-refractivity contribution >= 4 is 17.1 Å². The summed E-state index contributed by atoms with van der Waals surface area (Å²) in [7, 11) is 3.71. The van der Waals surface area contributed by atoms with Gasteiger partial charge >= 0.3 is 0 Å². The molecule has 0 radical (unpaired) electrons. The lowest BCUT2D eigenvalue weighted by molar-refractivity contribution is 0.0760. The summed E-state index contributed by atoms with van der Waals surface area (Å²) in [6.45, 7) is 7.85. The van der Waals surface area contributed by atoms with E-state index in [9.17, 15) is 4.79 Å². The van der Waals surface area contributed by atoms with Crippen molar-refractivity contribution in [2.45, 2.75) is 39.8 Å². The molecule has 33 heavy (non-hydrogen) atoms. The van der Waals surface area contributed by atoms with Crippen LogP contribution in [0.25, 0.3) is 22.6 Å². The number of carbonyl (C=O) groups excluding carboxylic acids is 1. The molecule has 1 atom stereocenters. The molecule has 4 aromatic heterocycles. The first kappa shape index (κ1) is 21.1. The second-order valence-corrected chi connectivity index (χ2v) is 8.38. The Morgan fingerprint density at radius 1 is 1.24 bits per heavy atom. The molecule has 172 valence electrons. The highest BCUT2D eigenvalue weighted by atomic mass is 16.5. The molecule has 0 N–H and O–H groups in total. The number of ether oxygens (including phenoxy) is 1. The number of hydrogen-bond donors (Lipinski definition) is 0. The number of nitrogens with zero attached hydrogens (tertiary/aromatic N) is 9. The molecule has 0 spiro atoms. The number of amides is 1. The molecule has 4 aromatic rings. The maximum absolute atomic E-state index is 12.9. The van der Waals surface area contributed by atoms with Gasteiger partial charge in [0.1, 0.15) is 23.9 Å². The number of carbonyl (C=O) groups is 1. The Bertz CT molecular complexity index is 1350. The Labute approximate surface area is 191 Å². The zero-order valence-electron chi connectivity index (χ0n) is 19.5. The summed E-state index contributed by atoms with van der Waals surface area (Å²) in [6.07, 6.45) is 3.86. The molecular weight excluding hydrogens is 422 g/mol. The van der Waals surface area contributed by atoms with Crippen LogP contribution in [0.5, 0.6) is 5.88 Å². The maximum Gasteiger partial charge on any atom is 0.272 e. The fourth-order valence-electron chi connectivity index (χ4n) is 4.43. The zero-order valence-corrected chi connectivity index (χ0v) is 19.5. The van der Waals surface area contributed by atoms with Crippen molar-refractivity contribution in [1.82, 2.24) is 44.0 Å². The minimum atomic E-state index is -0.170. The lowest BCUT2D eigenvalue weighted by atomic mass is 10.2. The second-order valence-electron chi connectivity index (χ2n) is 8.38. The zero-order chi connectivity index (χ0) is 23.3. The molecule has 1 aliphatic heterocycles. The predicted octanol–water partition coefficient (Wildman–Crippen LogP) is 1.89. The number of fused-ring (bicyclic) bond motifs is 1. The van der Waals surface area contributed by atoms with Crippen molar-refractivity contribution in [3.63, 3.8) is 0 Å². The quantitative estimate of drug-likeness (QED) is 0.458. The van der Waals surface area contributed by atoms with E-state index < -0.39 is 0 Å². The number of aryl methyl sites for hydroxylation is 4. The van der Waals surface area contributed by atoms with Gasteiger partial charge in [-0.05, 0) is 26.8 Å². The van der Waals surface area contributed by atoms with Crippen LogP contribution in [0.1, 0.15) is 35.2 Å². The highest BCUT2D eigenvalue weighted by Crippen LogP contribution is 2.30. The van der Waals surface area contributed by atoms with Gasteiger partial charge in [0.15, 0.2) is 11.2 Å². The number of imidazole rings is 1. The van der Waals surface area contributed by atoms with Gasteiger partial charge in [0.05, 0.1) is 24.0 Å². The van der Waals surface area contributed by atoms with Crippen LogP contribution in [-0.2, 0) is 20.6 Å². The van der Waals surface area contributed by atoms with Crippen LogP contribution in [0.15, 0.2) is 18.6 Å². The molecule has 1 aliphatic rings. The third kappa shape index (κ3) is 3.53. The summed E-state index contributed by atoms with van der Waals surface area (Å²) in [6, 6.07) is 1.81. The Morgan fingerprint density at radius 2 is 2.06 bits per heavy atom. The van der Waals surface area contributed by atoms with Gasteiger partial charge in [-0.1, -0.05) is 0 Å². The Kier molecular flexibility index (Phi) is 5.10. The Balaban J connectivity index is 1.39. The number of hydrogen-bond acceptors (Lipinski definition) is 7. The van der Waals surface area contributed by atoms with Crippen LogP contribution in [0.4, 0.5) is 0 Å². The van der Waals surface area contributed by atoms with Gasteiger partial charge in [-0.15, -0.1) is 0 Å². The normalized spacial score (nSPS) is 16.2. The van der Waals surface area contributed by atoms with Gasteiger partial charge < -0.3 is 14.2 Å². The highest BCUT2D eigenvalue weighted by molar-refractivity contribution is 5.93. The van der Waals surface area contributed by atoms with E-state index in [0.29, 0.717) is 35.8 Å². The van der Waals surface area contributed by atoms with E-state index in [1.807, 2.05) is 42.4 Å². The molecule has 0 aliphatic carbocycles. The first-order chi connectivity index (χ1) is 15.9. The smallest absolute Gasteiger partial charge is 0.272 e.